The van der Waals surface area contributed by atoms with Crippen molar-refractivity contribution < 1.29 is 0 Å². The second-order valence-corrected chi connectivity index (χ2v) is 5.79. The van der Waals surface area contributed by atoms with Gasteiger partial charge in [0.2, 0.25) is 0 Å². The van der Waals surface area contributed by atoms with Crippen molar-refractivity contribution >= 4 is 17.0 Å². The molecule has 24 heavy (non-hydrogen) atoms. The minimum atomic E-state index is 0.724. The van der Waals surface area contributed by atoms with Crippen LogP contribution >= 0.6 is 0 Å². The predicted octanol–water partition coefficient (Wildman–Crippen LogP) is 4.84. The number of rotatable bonds is 4. The Balaban J connectivity index is 1.91. The van der Waals surface area contributed by atoms with Crippen LogP contribution in [0.1, 0.15) is 29.5 Å². The van der Waals surface area contributed by atoms with Crippen LogP contribution in [-0.2, 0) is 0 Å². The average Bonchev–Trinajstić information content (AvgIpc) is 2.67. The van der Waals surface area contributed by atoms with Gasteiger partial charge in [0.1, 0.15) is 0 Å². The van der Waals surface area contributed by atoms with Crippen LogP contribution < -0.4 is 5.73 Å². The molecule has 120 valence electrons. The fourth-order valence-electron chi connectivity index (χ4n) is 2.82. The predicted molar refractivity (Wildman–Crippen MR) is 104 cm³/mol. The molecule has 0 fully saturated rings. The number of hydrogen-bond acceptors (Lipinski definition) is 2. The van der Waals surface area contributed by atoms with E-state index in [1.54, 1.807) is 7.05 Å². The van der Waals surface area contributed by atoms with Gasteiger partial charge in [0.25, 0.3) is 0 Å². The van der Waals surface area contributed by atoms with Crippen molar-refractivity contribution in [1.29, 1.82) is 0 Å². The molecule has 0 atom stereocenters. The van der Waals surface area contributed by atoms with Crippen molar-refractivity contribution in [3.63, 3.8) is 0 Å². The first-order chi connectivity index (χ1) is 11.8. The Labute approximate surface area is 143 Å². The SMILES string of the molecule is CN=C(C=C(N)c1cccc(C2=CCCC=C2)c1)c1ccccc1. The third-order valence-corrected chi connectivity index (χ3v) is 4.13. The van der Waals surface area contributed by atoms with Crippen LogP contribution in [-0.4, -0.2) is 12.8 Å². The maximum absolute atomic E-state index is 6.35. The molecule has 0 saturated carbocycles. The van der Waals surface area contributed by atoms with Gasteiger partial charge in [-0.2, -0.15) is 0 Å². The van der Waals surface area contributed by atoms with E-state index in [0.717, 1.165) is 35.4 Å². The lowest BCUT2D eigenvalue weighted by Gasteiger charge is -2.10. The summed E-state index contributed by atoms with van der Waals surface area (Å²) in [7, 11) is 1.79. The van der Waals surface area contributed by atoms with Crippen LogP contribution in [0.4, 0.5) is 0 Å². The minimum absolute atomic E-state index is 0.724. The molecule has 0 unspecified atom stereocenters. The number of nitrogens with zero attached hydrogens (tertiary/aromatic N) is 1. The molecular formula is C22H22N2. The Morgan fingerprint density at radius 1 is 1.00 bits per heavy atom. The summed E-state index contributed by atoms with van der Waals surface area (Å²) >= 11 is 0. The Bertz CT molecular complexity index is 824. The summed E-state index contributed by atoms with van der Waals surface area (Å²) in [5, 5.41) is 0. The first-order valence-corrected chi connectivity index (χ1v) is 8.25. The summed E-state index contributed by atoms with van der Waals surface area (Å²) in [6.07, 6.45) is 10.9. The van der Waals surface area contributed by atoms with Gasteiger partial charge in [-0.25, -0.2) is 0 Å². The monoisotopic (exact) mass is 314 g/mol. The molecule has 2 aromatic carbocycles. The van der Waals surface area contributed by atoms with Crippen molar-refractivity contribution in [3.8, 4) is 0 Å². The first-order valence-electron chi connectivity index (χ1n) is 8.25. The van der Waals surface area contributed by atoms with Gasteiger partial charge >= 0.3 is 0 Å². The molecule has 0 spiro atoms. The van der Waals surface area contributed by atoms with E-state index in [1.807, 2.05) is 42.5 Å². The maximum Gasteiger partial charge on any atom is 0.0663 e. The normalized spacial score (nSPS) is 15.3. The fourth-order valence-corrected chi connectivity index (χ4v) is 2.82. The van der Waals surface area contributed by atoms with Crippen molar-refractivity contribution in [1.82, 2.24) is 0 Å². The quantitative estimate of drug-likeness (QED) is 0.806. The molecule has 0 saturated heterocycles. The van der Waals surface area contributed by atoms with E-state index in [-0.39, 0.29) is 0 Å². The largest absolute Gasteiger partial charge is 0.398 e. The molecule has 0 aliphatic heterocycles. The minimum Gasteiger partial charge on any atom is -0.398 e. The summed E-state index contributed by atoms with van der Waals surface area (Å²) in [6, 6.07) is 18.5. The van der Waals surface area contributed by atoms with Gasteiger partial charge in [-0.15, -0.1) is 0 Å². The average molecular weight is 314 g/mol. The van der Waals surface area contributed by atoms with Gasteiger partial charge in [-0.3, -0.25) is 4.99 Å². The van der Waals surface area contributed by atoms with E-state index in [4.69, 9.17) is 5.73 Å². The third kappa shape index (κ3) is 3.72. The van der Waals surface area contributed by atoms with E-state index >= 15 is 0 Å². The van der Waals surface area contributed by atoms with Crippen molar-refractivity contribution in [3.05, 3.63) is 95.6 Å². The summed E-state index contributed by atoms with van der Waals surface area (Å²) in [4.78, 5) is 4.37. The Morgan fingerprint density at radius 3 is 2.50 bits per heavy atom. The van der Waals surface area contributed by atoms with Crippen LogP contribution in [0.2, 0.25) is 0 Å². The topological polar surface area (TPSA) is 38.4 Å². The zero-order valence-corrected chi connectivity index (χ0v) is 13.9. The lowest BCUT2D eigenvalue weighted by atomic mass is 9.97. The van der Waals surface area contributed by atoms with Gasteiger partial charge in [0.15, 0.2) is 0 Å². The molecule has 3 rings (SSSR count). The van der Waals surface area contributed by atoms with E-state index in [1.165, 1.54) is 11.1 Å². The standard InChI is InChI=1S/C22H22N2/c1-24-22(18-11-6-3-7-12-18)16-21(23)20-14-8-13-19(15-20)17-9-4-2-5-10-17/h3-4,6-16H,2,5,23H2,1H3. The van der Waals surface area contributed by atoms with Gasteiger partial charge in [0, 0.05) is 12.7 Å². The summed E-state index contributed by atoms with van der Waals surface area (Å²) in [6.45, 7) is 0. The number of benzene rings is 2. The highest BCUT2D eigenvalue weighted by Gasteiger charge is 2.06. The van der Waals surface area contributed by atoms with Crippen LogP contribution in [0.5, 0.6) is 0 Å². The van der Waals surface area contributed by atoms with Gasteiger partial charge < -0.3 is 5.73 Å². The maximum atomic E-state index is 6.35. The Morgan fingerprint density at radius 2 is 1.79 bits per heavy atom. The second-order valence-electron chi connectivity index (χ2n) is 5.79. The zero-order valence-electron chi connectivity index (χ0n) is 13.9. The fraction of sp³-hybridized carbons (Fsp3) is 0.136. The zero-order chi connectivity index (χ0) is 16.8. The van der Waals surface area contributed by atoms with Crippen LogP contribution in [0.3, 0.4) is 0 Å². The molecule has 2 N–H and O–H groups in total. The number of nitrogens with two attached hydrogens (primary N) is 1. The Kier molecular flexibility index (Phi) is 5.07. The van der Waals surface area contributed by atoms with E-state index in [2.05, 4.69) is 41.4 Å². The number of allylic oxidation sites excluding steroid dienone is 5. The highest BCUT2D eigenvalue weighted by Crippen LogP contribution is 2.23. The number of hydrogen-bond donors (Lipinski definition) is 1. The molecule has 0 aromatic heterocycles. The molecule has 0 bridgehead atoms. The van der Waals surface area contributed by atoms with E-state index in [9.17, 15) is 0 Å². The van der Waals surface area contributed by atoms with Crippen LogP contribution in [0, 0.1) is 0 Å². The van der Waals surface area contributed by atoms with Gasteiger partial charge in [-0.1, -0.05) is 66.8 Å². The lowest BCUT2D eigenvalue weighted by molar-refractivity contribution is 1.04. The number of aliphatic imine (C=N–C) groups is 1. The van der Waals surface area contributed by atoms with Crippen molar-refractivity contribution in [2.45, 2.75) is 12.8 Å². The molecule has 2 nitrogen and oxygen atoms in total. The van der Waals surface area contributed by atoms with Crippen molar-refractivity contribution in [2.24, 2.45) is 10.7 Å². The molecule has 2 heteroatoms. The highest BCUT2D eigenvalue weighted by molar-refractivity contribution is 6.12. The van der Waals surface area contributed by atoms with Crippen LogP contribution in [0.25, 0.3) is 11.3 Å². The summed E-state index contributed by atoms with van der Waals surface area (Å²) < 4.78 is 0. The molecule has 0 amide bonds. The van der Waals surface area contributed by atoms with E-state index < -0.39 is 0 Å². The Hall–Kier alpha value is -2.87. The molecule has 0 radical (unpaired) electrons. The molecular weight excluding hydrogens is 292 g/mol. The highest BCUT2D eigenvalue weighted by atomic mass is 14.7. The third-order valence-electron chi connectivity index (χ3n) is 4.13. The second kappa shape index (κ2) is 7.60. The van der Waals surface area contributed by atoms with Gasteiger partial charge in [0.05, 0.1) is 5.71 Å². The summed E-state index contributed by atoms with van der Waals surface area (Å²) in [5.74, 6) is 0. The van der Waals surface area contributed by atoms with E-state index in [0.29, 0.717) is 0 Å². The summed E-state index contributed by atoms with van der Waals surface area (Å²) in [5.41, 5.74) is 12.5. The van der Waals surface area contributed by atoms with Crippen LogP contribution in [0.15, 0.2) is 83.9 Å². The van der Waals surface area contributed by atoms with Crippen molar-refractivity contribution in [2.75, 3.05) is 7.05 Å². The smallest absolute Gasteiger partial charge is 0.0663 e. The molecule has 2 aromatic rings. The lowest BCUT2D eigenvalue weighted by Crippen LogP contribution is -2.04. The first kappa shape index (κ1) is 16.0. The molecule has 1 aliphatic carbocycles. The molecule has 0 heterocycles. The van der Waals surface area contributed by atoms with Gasteiger partial charge in [-0.05, 0) is 47.2 Å². The molecule has 1 aliphatic rings.